The maximum atomic E-state index is 11.3. The van der Waals surface area contributed by atoms with Crippen molar-refractivity contribution in [2.24, 2.45) is 5.92 Å². The molecule has 0 N–H and O–H groups in total. The van der Waals surface area contributed by atoms with Gasteiger partial charge in [0.1, 0.15) is 12.4 Å². The number of ether oxygens (including phenoxy) is 1. The van der Waals surface area contributed by atoms with Crippen LogP contribution in [0.25, 0.3) is 0 Å². The molecule has 1 fully saturated rings. The lowest BCUT2D eigenvalue weighted by molar-refractivity contribution is -0.122. The minimum Gasteiger partial charge on any atom is -0.486 e. The Morgan fingerprint density at radius 3 is 2.93 bits per heavy atom. The zero-order valence-corrected chi connectivity index (χ0v) is 9.29. The van der Waals surface area contributed by atoms with Crippen molar-refractivity contribution in [3.8, 4) is 5.75 Å². The average Bonchev–Trinajstić information content (AvgIpc) is 2.97. The molecule has 0 bridgehead atoms. The Balaban J connectivity index is 1.87. The van der Waals surface area contributed by atoms with Crippen LogP contribution in [-0.4, -0.2) is 12.4 Å². The topological polar surface area (TPSA) is 26.3 Å². The lowest BCUT2D eigenvalue weighted by Gasteiger charge is -2.04. The van der Waals surface area contributed by atoms with E-state index in [1.165, 1.54) is 0 Å². The van der Waals surface area contributed by atoms with Gasteiger partial charge < -0.3 is 4.74 Å². The Morgan fingerprint density at radius 2 is 2.29 bits per heavy atom. The van der Waals surface area contributed by atoms with Crippen LogP contribution in [0, 0.1) is 5.92 Å². The van der Waals surface area contributed by atoms with Gasteiger partial charge in [0.05, 0.1) is 0 Å². The average molecular weight is 255 g/mol. The van der Waals surface area contributed by atoms with Crippen molar-refractivity contribution < 1.29 is 9.53 Å². The summed E-state index contributed by atoms with van der Waals surface area (Å²) >= 11 is 3.35. The Morgan fingerprint density at radius 1 is 1.50 bits per heavy atom. The van der Waals surface area contributed by atoms with Gasteiger partial charge in [-0.25, -0.2) is 0 Å². The predicted molar refractivity (Wildman–Crippen MR) is 57.4 cm³/mol. The van der Waals surface area contributed by atoms with Gasteiger partial charge in [0.15, 0.2) is 5.78 Å². The summed E-state index contributed by atoms with van der Waals surface area (Å²) in [6, 6.07) is 7.53. The van der Waals surface area contributed by atoms with Crippen molar-refractivity contribution in [2.75, 3.05) is 6.61 Å². The summed E-state index contributed by atoms with van der Waals surface area (Å²) in [5, 5.41) is 0. The van der Waals surface area contributed by atoms with E-state index in [2.05, 4.69) is 15.9 Å². The number of carbonyl (C=O) groups excluding carboxylic acids is 1. The molecule has 0 aromatic heterocycles. The van der Waals surface area contributed by atoms with Gasteiger partial charge in [-0.3, -0.25) is 4.79 Å². The van der Waals surface area contributed by atoms with Gasteiger partial charge >= 0.3 is 0 Å². The number of ketones is 1. The molecule has 14 heavy (non-hydrogen) atoms. The van der Waals surface area contributed by atoms with Gasteiger partial charge in [-0.2, -0.15) is 0 Å². The molecule has 0 spiro atoms. The molecule has 3 heteroatoms. The van der Waals surface area contributed by atoms with Gasteiger partial charge in [-0.1, -0.05) is 22.0 Å². The van der Waals surface area contributed by atoms with Crippen molar-refractivity contribution in [1.29, 1.82) is 0 Å². The van der Waals surface area contributed by atoms with E-state index in [1.807, 2.05) is 24.3 Å². The maximum Gasteiger partial charge on any atom is 0.173 e. The molecular weight excluding hydrogens is 244 g/mol. The normalized spacial score (nSPS) is 15.2. The fraction of sp³-hybridized carbons (Fsp3) is 0.364. The molecule has 1 aliphatic carbocycles. The second kappa shape index (κ2) is 4.13. The van der Waals surface area contributed by atoms with E-state index in [9.17, 15) is 4.79 Å². The van der Waals surface area contributed by atoms with Crippen LogP contribution in [0.1, 0.15) is 12.8 Å². The van der Waals surface area contributed by atoms with E-state index in [0.29, 0.717) is 0 Å². The van der Waals surface area contributed by atoms with Gasteiger partial charge in [0.2, 0.25) is 0 Å². The second-order valence-electron chi connectivity index (χ2n) is 3.49. The van der Waals surface area contributed by atoms with Crippen LogP contribution in [0.5, 0.6) is 5.75 Å². The quantitative estimate of drug-likeness (QED) is 0.826. The molecule has 1 aliphatic rings. The summed E-state index contributed by atoms with van der Waals surface area (Å²) in [6.07, 6.45) is 2.08. The van der Waals surface area contributed by atoms with Crippen LogP contribution >= 0.6 is 15.9 Å². The molecule has 0 unspecified atom stereocenters. The first-order valence-electron chi connectivity index (χ1n) is 4.67. The van der Waals surface area contributed by atoms with Gasteiger partial charge in [-0.05, 0) is 31.0 Å². The van der Waals surface area contributed by atoms with Crippen LogP contribution in [0.15, 0.2) is 28.7 Å². The number of hydrogen-bond acceptors (Lipinski definition) is 2. The van der Waals surface area contributed by atoms with Crippen molar-refractivity contribution >= 4 is 21.7 Å². The summed E-state index contributed by atoms with van der Waals surface area (Å²) in [7, 11) is 0. The first-order valence-corrected chi connectivity index (χ1v) is 5.46. The largest absolute Gasteiger partial charge is 0.486 e. The summed E-state index contributed by atoms with van der Waals surface area (Å²) in [5.41, 5.74) is 0. The number of halogens is 1. The molecule has 1 aromatic rings. The molecule has 0 radical (unpaired) electrons. The summed E-state index contributed by atoms with van der Waals surface area (Å²) < 4.78 is 6.34. The number of carbonyl (C=O) groups is 1. The van der Waals surface area contributed by atoms with Gasteiger partial charge in [0.25, 0.3) is 0 Å². The van der Waals surface area contributed by atoms with Gasteiger partial charge in [0, 0.05) is 10.4 Å². The number of hydrogen-bond donors (Lipinski definition) is 0. The Hall–Kier alpha value is -0.830. The smallest absolute Gasteiger partial charge is 0.173 e. The Bertz CT molecular complexity index is 345. The monoisotopic (exact) mass is 254 g/mol. The lowest BCUT2D eigenvalue weighted by Crippen LogP contribution is -2.12. The van der Waals surface area contributed by atoms with E-state index in [4.69, 9.17) is 4.74 Å². The predicted octanol–water partition coefficient (Wildman–Crippen LogP) is 2.81. The van der Waals surface area contributed by atoms with E-state index in [1.54, 1.807) is 0 Å². The highest BCUT2D eigenvalue weighted by Crippen LogP contribution is 2.30. The van der Waals surface area contributed by atoms with E-state index in [0.717, 1.165) is 23.1 Å². The summed E-state index contributed by atoms with van der Waals surface area (Å²) in [4.78, 5) is 11.3. The highest BCUT2D eigenvalue weighted by Gasteiger charge is 2.29. The molecular formula is C11H11BrO2. The summed E-state index contributed by atoms with van der Waals surface area (Å²) in [5.74, 6) is 1.25. The maximum absolute atomic E-state index is 11.3. The van der Waals surface area contributed by atoms with Crippen LogP contribution < -0.4 is 4.74 Å². The number of Topliss-reactive ketones (excluding diaryl/α,β-unsaturated/α-hetero) is 1. The second-order valence-corrected chi connectivity index (χ2v) is 4.40. The fourth-order valence-corrected chi connectivity index (χ4v) is 1.61. The fourth-order valence-electron chi connectivity index (χ4n) is 1.23. The van der Waals surface area contributed by atoms with E-state index >= 15 is 0 Å². The lowest BCUT2D eigenvalue weighted by atomic mass is 10.3. The highest BCUT2D eigenvalue weighted by atomic mass is 79.9. The number of benzene rings is 1. The van der Waals surface area contributed by atoms with Crippen molar-refractivity contribution in [3.63, 3.8) is 0 Å². The third-order valence-corrected chi connectivity index (χ3v) is 2.70. The van der Waals surface area contributed by atoms with Crippen LogP contribution in [-0.2, 0) is 4.79 Å². The minimum absolute atomic E-state index is 0.209. The molecule has 0 aliphatic heterocycles. The van der Waals surface area contributed by atoms with Crippen LogP contribution in [0.4, 0.5) is 0 Å². The molecule has 0 saturated heterocycles. The Kier molecular flexibility index (Phi) is 2.87. The van der Waals surface area contributed by atoms with Crippen molar-refractivity contribution in [1.82, 2.24) is 0 Å². The molecule has 0 amide bonds. The molecule has 0 heterocycles. The van der Waals surface area contributed by atoms with E-state index < -0.39 is 0 Å². The molecule has 1 saturated carbocycles. The zero-order valence-electron chi connectivity index (χ0n) is 7.70. The number of rotatable bonds is 4. The minimum atomic E-state index is 0.209. The molecule has 2 nitrogen and oxygen atoms in total. The van der Waals surface area contributed by atoms with E-state index in [-0.39, 0.29) is 18.3 Å². The van der Waals surface area contributed by atoms with Crippen LogP contribution in [0.2, 0.25) is 0 Å². The highest BCUT2D eigenvalue weighted by molar-refractivity contribution is 9.10. The third kappa shape index (κ3) is 2.58. The zero-order chi connectivity index (χ0) is 9.97. The molecule has 1 aromatic carbocycles. The molecule has 74 valence electrons. The molecule has 2 rings (SSSR count). The van der Waals surface area contributed by atoms with Gasteiger partial charge in [-0.15, -0.1) is 0 Å². The molecule has 0 atom stereocenters. The standard InChI is InChI=1S/C11H11BrO2/c12-9-2-1-3-10(6-9)14-7-11(13)8-4-5-8/h1-3,6,8H,4-5,7H2. The van der Waals surface area contributed by atoms with Crippen molar-refractivity contribution in [2.45, 2.75) is 12.8 Å². The first-order chi connectivity index (χ1) is 6.75. The van der Waals surface area contributed by atoms with Crippen molar-refractivity contribution in [3.05, 3.63) is 28.7 Å². The first kappa shape index (κ1) is 9.71. The Labute approximate surface area is 91.4 Å². The third-order valence-electron chi connectivity index (χ3n) is 2.21. The SMILES string of the molecule is O=C(COc1cccc(Br)c1)C1CC1. The van der Waals surface area contributed by atoms with Crippen LogP contribution in [0.3, 0.4) is 0 Å². The summed E-state index contributed by atoms with van der Waals surface area (Å²) in [6.45, 7) is 0.209.